The van der Waals surface area contributed by atoms with Gasteiger partial charge in [0, 0.05) is 18.0 Å². The third kappa shape index (κ3) is 5.27. The van der Waals surface area contributed by atoms with Crippen molar-refractivity contribution in [2.45, 2.75) is 37.5 Å². The van der Waals surface area contributed by atoms with Crippen LogP contribution in [0.4, 0.5) is 13.2 Å². The van der Waals surface area contributed by atoms with Gasteiger partial charge in [0.2, 0.25) is 0 Å². The highest BCUT2D eigenvalue weighted by Crippen LogP contribution is 2.29. The maximum Gasteiger partial charge on any atom is 0.417 e. The fraction of sp³-hybridized carbons (Fsp3) is 0.583. The summed E-state index contributed by atoms with van der Waals surface area (Å²) in [7, 11) is 0. The maximum atomic E-state index is 12.3. The first-order valence-electron chi connectivity index (χ1n) is 5.83. The second-order valence-corrected chi connectivity index (χ2v) is 5.09. The van der Waals surface area contributed by atoms with Crippen LogP contribution in [-0.4, -0.2) is 23.3 Å². The van der Waals surface area contributed by atoms with Crippen molar-refractivity contribution in [2.75, 3.05) is 12.3 Å². The Hall–Kier alpha value is -0.750. The first kappa shape index (κ1) is 15.3. The van der Waals surface area contributed by atoms with Crippen molar-refractivity contribution in [3.05, 3.63) is 23.9 Å². The zero-order chi connectivity index (χ0) is 13.6. The zero-order valence-corrected chi connectivity index (χ0v) is 11.2. The summed E-state index contributed by atoms with van der Waals surface area (Å²) in [6.45, 7) is 5.05. The topological polar surface area (TPSA) is 24.9 Å². The molecule has 18 heavy (non-hydrogen) atoms. The number of rotatable bonds is 6. The van der Waals surface area contributed by atoms with Crippen molar-refractivity contribution in [1.29, 1.82) is 0 Å². The van der Waals surface area contributed by atoms with E-state index in [1.165, 1.54) is 17.8 Å². The van der Waals surface area contributed by atoms with Gasteiger partial charge >= 0.3 is 6.18 Å². The van der Waals surface area contributed by atoms with E-state index in [-0.39, 0.29) is 0 Å². The molecule has 1 rings (SSSR count). The Kier molecular flexibility index (Phi) is 5.95. The largest absolute Gasteiger partial charge is 0.417 e. The molecule has 0 aliphatic rings. The van der Waals surface area contributed by atoms with Crippen molar-refractivity contribution in [3.63, 3.8) is 0 Å². The molecule has 1 N–H and O–H groups in total. The van der Waals surface area contributed by atoms with Gasteiger partial charge in [-0.15, -0.1) is 11.8 Å². The lowest BCUT2D eigenvalue weighted by molar-refractivity contribution is -0.137. The molecule has 0 aromatic carbocycles. The lowest BCUT2D eigenvalue weighted by Gasteiger charge is -2.11. The van der Waals surface area contributed by atoms with Gasteiger partial charge in [0.1, 0.15) is 0 Å². The molecule has 2 nitrogen and oxygen atoms in total. The van der Waals surface area contributed by atoms with E-state index in [1.807, 2.05) is 6.92 Å². The van der Waals surface area contributed by atoms with E-state index in [9.17, 15) is 13.2 Å². The maximum absolute atomic E-state index is 12.3. The van der Waals surface area contributed by atoms with E-state index in [1.54, 1.807) is 0 Å². The van der Waals surface area contributed by atoms with E-state index in [4.69, 9.17) is 0 Å². The third-order valence-electron chi connectivity index (χ3n) is 2.42. The van der Waals surface area contributed by atoms with Crippen LogP contribution in [0.15, 0.2) is 23.4 Å². The van der Waals surface area contributed by atoms with Gasteiger partial charge in [-0.2, -0.15) is 13.2 Å². The number of pyridine rings is 1. The number of hydrogen-bond acceptors (Lipinski definition) is 3. The van der Waals surface area contributed by atoms with Crippen molar-refractivity contribution in [2.24, 2.45) is 0 Å². The average Bonchev–Trinajstić information content (AvgIpc) is 2.29. The van der Waals surface area contributed by atoms with Crippen LogP contribution < -0.4 is 5.32 Å². The molecule has 0 aliphatic carbocycles. The predicted octanol–water partition coefficient (Wildman–Crippen LogP) is 3.58. The Morgan fingerprint density at radius 2 is 2.11 bits per heavy atom. The Morgan fingerprint density at radius 1 is 1.39 bits per heavy atom. The highest BCUT2D eigenvalue weighted by atomic mass is 32.2. The second-order valence-electron chi connectivity index (χ2n) is 3.98. The van der Waals surface area contributed by atoms with E-state index in [0.29, 0.717) is 11.1 Å². The predicted molar refractivity (Wildman–Crippen MR) is 67.7 cm³/mol. The van der Waals surface area contributed by atoms with E-state index >= 15 is 0 Å². The molecule has 1 heterocycles. The van der Waals surface area contributed by atoms with Crippen LogP contribution in [0.25, 0.3) is 0 Å². The molecule has 0 saturated carbocycles. The Labute approximate surface area is 109 Å². The molecular formula is C12H17F3N2S. The van der Waals surface area contributed by atoms with E-state index < -0.39 is 11.7 Å². The Balaban J connectivity index is 2.40. The SMILES string of the molecule is CCNC(C)CCSc1ccc(C(F)(F)F)cn1. The quantitative estimate of drug-likeness (QED) is 0.805. The molecule has 1 aromatic heterocycles. The zero-order valence-electron chi connectivity index (χ0n) is 10.4. The standard InChI is InChI=1S/C12H17F3N2S/c1-3-16-9(2)6-7-18-11-5-4-10(8-17-11)12(13,14)15/h4-5,8-9,16H,3,6-7H2,1-2H3. The average molecular weight is 278 g/mol. The lowest BCUT2D eigenvalue weighted by Crippen LogP contribution is -2.25. The Morgan fingerprint density at radius 3 is 2.61 bits per heavy atom. The molecule has 0 fully saturated rings. The summed E-state index contributed by atoms with van der Waals surface area (Å²) in [5.74, 6) is 0.840. The Bertz CT molecular complexity index is 351. The molecule has 1 aromatic rings. The van der Waals surface area contributed by atoms with Crippen LogP contribution in [0.2, 0.25) is 0 Å². The summed E-state index contributed by atoms with van der Waals surface area (Å²) >= 11 is 1.48. The van der Waals surface area contributed by atoms with E-state index in [2.05, 4.69) is 17.2 Å². The third-order valence-corrected chi connectivity index (χ3v) is 3.39. The van der Waals surface area contributed by atoms with Gasteiger partial charge in [0.05, 0.1) is 10.6 Å². The molecule has 1 unspecified atom stereocenters. The van der Waals surface area contributed by atoms with Gasteiger partial charge in [0.25, 0.3) is 0 Å². The first-order chi connectivity index (χ1) is 8.43. The summed E-state index contributed by atoms with van der Waals surface area (Å²) in [5.41, 5.74) is -0.701. The molecule has 0 amide bonds. The summed E-state index contributed by atoms with van der Waals surface area (Å²) in [4.78, 5) is 3.81. The lowest BCUT2D eigenvalue weighted by atomic mass is 10.3. The molecule has 102 valence electrons. The summed E-state index contributed by atoms with van der Waals surface area (Å²) in [6, 6.07) is 2.91. The number of alkyl halides is 3. The van der Waals surface area contributed by atoms with Crippen molar-refractivity contribution in [1.82, 2.24) is 10.3 Å². The minimum atomic E-state index is -4.31. The molecule has 0 saturated heterocycles. The molecule has 0 spiro atoms. The highest BCUT2D eigenvalue weighted by molar-refractivity contribution is 7.99. The smallest absolute Gasteiger partial charge is 0.315 e. The molecule has 1 atom stereocenters. The van der Waals surface area contributed by atoms with Gasteiger partial charge in [-0.3, -0.25) is 0 Å². The molecular weight excluding hydrogens is 261 g/mol. The number of nitrogens with zero attached hydrogens (tertiary/aromatic N) is 1. The van der Waals surface area contributed by atoms with Crippen LogP contribution in [0.5, 0.6) is 0 Å². The minimum Gasteiger partial charge on any atom is -0.315 e. The van der Waals surface area contributed by atoms with Gasteiger partial charge in [-0.1, -0.05) is 6.92 Å². The molecule has 0 bridgehead atoms. The van der Waals surface area contributed by atoms with Gasteiger partial charge in [-0.25, -0.2) is 4.98 Å². The van der Waals surface area contributed by atoms with Crippen LogP contribution >= 0.6 is 11.8 Å². The summed E-state index contributed by atoms with van der Waals surface area (Å²) in [5, 5.41) is 3.91. The summed E-state index contributed by atoms with van der Waals surface area (Å²) < 4.78 is 36.9. The van der Waals surface area contributed by atoms with Crippen LogP contribution in [-0.2, 0) is 6.18 Å². The van der Waals surface area contributed by atoms with Crippen LogP contribution in [0.1, 0.15) is 25.8 Å². The van der Waals surface area contributed by atoms with Crippen molar-refractivity contribution in [3.8, 4) is 0 Å². The number of aromatic nitrogens is 1. The van der Waals surface area contributed by atoms with Gasteiger partial charge in [0.15, 0.2) is 0 Å². The number of nitrogens with one attached hydrogen (secondary N) is 1. The first-order valence-corrected chi connectivity index (χ1v) is 6.81. The molecule has 0 aliphatic heterocycles. The van der Waals surface area contributed by atoms with Gasteiger partial charge in [-0.05, 0) is 32.0 Å². The number of halogens is 3. The summed E-state index contributed by atoms with van der Waals surface area (Å²) in [6.07, 6.45) is -2.47. The number of thioether (sulfide) groups is 1. The minimum absolute atomic E-state index is 0.414. The molecule has 6 heteroatoms. The van der Waals surface area contributed by atoms with Gasteiger partial charge < -0.3 is 5.32 Å². The monoisotopic (exact) mass is 278 g/mol. The van der Waals surface area contributed by atoms with E-state index in [0.717, 1.165) is 31.0 Å². The van der Waals surface area contributed by atoms with Crippen LogP contribution in [0.3, 0.4) is 0 Å². The fourth-order valence-electron chi connectivity index (χ4n) is 1.42. The fourth-order valence-corrected chi connectivity index (χ4v) is 2.40. The van der Waals surface area contributed by atoms with Crippen molar-refractivity contribution < 1.29 is 13.2 Å². The molecule has 0 radical (unpaired) electrons. The highest BCUT2D eigenvalue weighted by Gasteiger charge is 2.30. The normalized spacial score (nSPS) is 13.6. The second kappa shape index (κ2) is 6.99. The van der Waals surface area contributed by atoms with Crippen molar-refractivity contribution >= 4 is 11.8 Å². The van der Waals surface area contributed by atoms with Crippen LogP contribution in [0, 0.1) is 0 Å². The number of hydrogen-bond donors (Lipinski definition) is 1.